The van der Waals surface area contributed by atoms with E-state index in [1.165, 1.54) is 6.20 Å². The molecule has 19 heavy (non-hydrogen) atoms. The summed E-state index contributed by atoms with van der Waals surface area (Å²) in [5, 5.41) is 9.29. The number of hydrogen-bond donors (Lipinski definition) is 1. The summed E-state index contributed by atoms with van der Waals surface area (Å²) in [5.74, 6) is -0.335. The van der Waals surface area contributed by atoms with Gasteiger partial charge in [0.15, 0.2) is 0 Å². The summed E-state index contributed by atoms with van der Waals surface area (Å²) in [4.78, 5) is 17.5. The number of hydrogen-bond acceptors (Lipinski definition) is 3. The molecular weight excluding hydrogens is 264 g/mol. The molecule has 1 aromatic heterocycles. The fraction of sp³-hybridized carbons (Fsp3) is 0.571. The highest BCUT2D eigenvalue weighted by Gasteiger charge is 2.17. The van der Waals surface area contributed by atoms with Crippen molar-refractivity contribution < 1.29 is 9.90 Å². The molecule has 0 saturated carbocycles. The number of carboxylic acids is 1. The zero-order chi connectivity index (χ0) is 14.4. The van der Waals surface area contributed by atoms with Gasteiger partial charge in [-0.3, -0.25) is 0 Å². The second-order valence-corrected chi connectivity index (χ2v) is 5.04. The molecule has 106 valence electrons. The van der Waals surface area contributed by atoms with Crippen LogP contribution in [0.25, 0.3) is 0 Å². The number of rotatable bonds is 7. The van der Waals surface area contributed by atoms with Crippen molar-refractivity contribution in [1.82, 2.24) is 4.98 Å². The van der Waals surface area contributed by atoms with E-state index in [0.717, 1.165) is 25.8 Å². The normalized spacial score (nSPS) is 12.2. The molecule has 1 aromatic rings. The van der Waals surface area contributed by atoms with Gasteiger partial charge in [0.2, 0.25) is 0 Å². The molecule has 1 heterocycles. The molecule has 5 heteroatoms. The summed E-state index contributed by atoms with van der Waals surface area (Å²) >= 11 is 5.85. The molecule has 1 N–H and O–H groups in total. The first-order chi connectivity index (χ1) is 9.01. The van der Waals surface area contributed by atoms with E-state index in [9.17, 15) is 4.79 Å². The zero-order valence-corrected chi connectivity index (χ0v) is 12.4. The summed E-state index contributed by atoms with van der Waals surface area (Å²) in [7, 11) is 0. The Kier molecular flexibility index (Phi) is 6.09. The Morgan fingerprint density at radius 1 is 1.53 bits per heavy atom. The first-order valence-corrected chi connectivity index (χ1v) is 7.04. The predicted molar refractivity (Wildman–Crippen MR) is 78.2 cm³/mol. The molecule has 0 spiro atoms. The third-order valence-corrected chi connectivity index (χ3v) is 3.54. The van der Waals surface area contributed by atoms with Gasteiger partial charge in [-0.1, -0.05) is 31.9 Å². The third-order valence-electron chi connectivity index (χ3n) is 3.24. The van der Waals surface area contributed by atoms with Crippen LogP contribution in [0.4, 0.5) is 5.82 Å². The summed E-state index contributed by atoms with van der Waals surface area (Å²) in [6, 6.07) is 1.88. The van der Waals surface area contributed by atoms with Gasteiger partial charge >= 0.3 is 5.97 Å². The number of pyridine rings is 1. The van der Waals surface area contributed by atoms with E-state index in [2.05, 4.69) is 30.7 Å². The Bertz CT molecular complexity index is 437. The number of anilines is 1. The number of carboxylic acid groups (broad SMARTS) is 1. The fourth-order valence-electron chi connectivity index (χ4n) is 1.86. The molecule has 0 aliphatic carbocycles. The largest absolute Gasteiger partial charge is 0.478 e. The summed E-state index contributed by atoms with van der Waals surface area (Å²) in [6.07, 6.45) is 4.54. The maximum absolute atomic E-state index is 11.1. The van der Waals surface area contributed by atoms with Crippen LogP contribution in [-0.2, 0) is 0 Å². The number of unbranched alkanes of at least 4 members (excludes halogenated alkanes) is 1. The van der Waals surface area contributed by atoms with E-state index in [-0.39, 0.29) is 10.6 Å². The minimum Gasteiger partial charge on any atom is -0.478 e. The van der Waals surface area contributed by atoms with Crippen LogP contribution >= 0.6 is 11.6 Å². The smallest absolute Gasteiger partial charge is 0.337 e. The Labute approximate surface area is 119 Å². The van der Waals surface area contributed by atoms with Gasteiger partial charge in [-0.15, -0.1) is 0 Å². The van der Waals surface area contributed by atoms with Gasteiger partial charge in [-0.2, -0.15) is 0 Å². The van der Waals surface area contributed by atoms with E-state index in [0.29, 0.717) is 11.9 Å². The van der Waals surface area contributed by atoms with E-state index in [4.69, 9.17) is 16.7 Å². The first kappa shape index (κ1) is 15.8. The molecule has 1 atom stereocenters. The van der Waals surface area contributed by atoms with E-state index in [1.807, 2.05) is 0 Å². The van der Waals surface area contributed by atoms with Crippen LogP contribution in [0.5, 0.6) is 0 Å². The van der Waals surface area contributed by atoms with Crippen LogP contribution in [-0.4, -0.2) is 28.6 Å². The van der Waals surface area contributed by atoms with Gasteiger partial charge in [-0.25, -0.2) is 9.78 Å². The average molecular weight is 285 g/mol. The predicted octanol–water partition coefficient (Wildman–Crippen LogP) is 3.84. The van der Waals surface area contributed by atoms with E-state index >= 15 is 0 Å². The molecule has 0 amide bonds. The molecule has 0 fully saturated rings. The Morgan fingerprint density at radius 2 is 2.21 bits per heavy atom. The van der Waals surface area contributed by atoms with Gasteiger partial charge in [0, 0.05) is 18.8 Å². The highest BCUT2D eigenvalue weighted by Crippen LogP contribution is 2.23. The second kappa shape index (κ2) is 7.34. The lowest BCUT2D eigenvalue weighted by Gasteiger charge is -2.30. The quantitative estimate of drug-likeness (QED) is 0.826. The second-order valence-electron chi connectivity index (χ2n) is 4.63. The van der Waals surface area contributed by atoms with Crippen LogP contribution in [0, 0.1) is 0 Å². The van der Waals surface area contributed by atoms with Crippen molar-refractivity contribution in [3.8, 4) is 0 Å². The number of carbonyl (C=O) groups is 1. The topological polar surface area (TPSA) is 53.4 Å². The van der Waals surface area contributed by atoms with Crippen molar-refractivity contribution in [3.63, 3.8) is 0 Å². The van der Waals surface area contributed by atoms with Gasteiger partial charge in [0.05, 0.1) is 10.6 Å². The average Bonchev–Trinajstić information content (AvgIpc) is 2.40. The number of halogens is 1. The van der Waals surface area contributed by atoms with Gasteiger partial charge in [0.25, 0.3) is 0 Å². The molecule has 0 radical (unpaired) electrons. The van der Waals surface area contributed by atoms with Crippen LogP contribution in [0.2, 0.25) is 5.02 Å². The van der Waals surface area contributed by atoms with Crippen molar-refractivity contribution in [2.75, 3.05) is 11.4 Å². The SMILES string of the molecule is CCCCN(c1cc(C(=O)O)c(Cl)cn1)C(C)CC. The van der Waals surface area contributed by atoms with Crippen LogP contribution in [0.15, 0.2) is 12.3 Å². The van der Waals surface area contributed by atoms with Crippen molar-refractivity contribution in [3.05, 3.63) is 22.8 Å². The molecule has 1 rings (SSSR count). The molecular formula is C14H21ClN2O2. The highest BCUT2D eigenvalue weighted by atomic mass is 35.5. The van der Waals surface area contributed by atoms with Gasteiger partial charge < -0.3 is 10.0 Å². The van der Waals surface area contributed by atoms with Crippen LogP contribution in [0.1, 0.15) is 50.4 Å². The van der Waals surface area contributed by atoms with Crippen molar-refractivity contribution >= 4 is 23.4 Å². The molecule has 4 nitrogen and oxygen atoms in total. The van der Waals surface area contributed by atoms with Crippen LogP contribution in [0.3, 0.4) is 0 Å². The number of nitrogens with zero attached hydrogens (tertiary/aromatic N) is 2. The highest BCUT2D eigenvalue weighted by molar-refractivity contribution is 6.33. The summed E-state index contributed by atoms with van der Waals surface area (Å²) in [6.45, 7) is 7.23. The lowest BCUT2D eigenvalue weighted by Crippen LogP contribution is -2.34. The van der Waals surface area contributed by atoms with Crippen molar-refractivity contribution in [2.24, 2.45) is 0 Å². The number of aromatic carboxylic acids is 1. The third kappa shape index (κ3) is 4.10. The first-order valence-electron chi connectivity index (χ1n) is 6.66. The summed E-state index contributed by atoms with van der Waals surface area (Å²) < 4.78 is 0. The molecule has 0 aliphatic rings. The molecule has 0 aromatic carbocycles. The van der Waals surface area contributed by atoms with E-state index in [1.54, 1.807) is 6.07 Å². The molecule has 0 bridgehead atoms. The lowest BCUT2D eigenvalue weighted by molar-refractivity contribution is 0.0697. The number of aromatic nitrogens is 1. The van der Waals surface area contributed by atoms with Gasteiger partial charge in [0.1, 0.15) is 5.82 Å². The Morgan fingerprint density at radius 3 is 2.74 bits per heavy atom. The maximum atomic E-state index is 11.1. The minimum atomic E-state index is -1.02. The maximum Gasteiger partial charge on any atom is 0.337 e. The fourth-order valence-corrected chi connectivity index (χ4v) is 2.04. The molecule has 0 aliphatic heterocycles. The minimum absolute atomic E-state index is 0.108. The zero-order valence-electron chi connectivity index (χ0n) is 11.7. The Hall–Kier alpha value is -1.29. The molecule has 1 unspecified atom stereocenters. The van der Waals surface area contributed by atoms with Gasteiger partial charge in [-0.05, 0) is 25.8 Å². The standard InChI is InChI=1S/C14H21ClN2O2/c1-4-6-7-17(10(3)5-2)13-8-11(14(18)19)12(15)9-16-13/h8-10H,4-7H2,1-3H3,(H,18,19). The van der Waals surface area contributed by atoms with Crippen LogP contribution < -0.4 is 4.90 Å². The van der Waals surface area contributed by atoms with Crippen molar-refractivity contribution in [1.29, 1.82) is 0 Å². The summed E-state index contributed by atoms with van der Waals surface area (Å²) in [5.41, 5.74) is 0.108. The molecule has 0 saturated heterocycles. The Balaban J connectivity index is 3.07. The monoisotopic (exact) mass is 284 g/mol. The lowest BCUT2D eigenvalue weighted by atomic mass is 10.1. The van der Waals surface area contributed by atoms with E-state index < -0.39 is 5.97 Å². The van der Waals surface area contributed by atoms with Crippen molar-refractivity contribution in [2.45, 2.75) is 46.1 Å².